The molecule has 5 aliphatic rings. The van der Waals surface area contributed by atoms with E-state index in [-0.39, 0.29) is 69.5 Å². The van der Waals surface area contributed by atoms with E-state index >= 15 is 9.59 Å². The molecule has 5 fully saturated rings. The van der Waals surface area contributed by atoms with Gasteiger partial charge >= 0.3 is 6.18 Å². The summed E-state index contributed by atoms with van der Waals surface area (Å²) >= 11 is 0. The summed E-state index contributed by atoms with van der Waals surface area (Å²) in [5, 5.41) is 15.4. The number of halogens is 3. The molecular weight excluding hydrogens is 934 g/mol. The monoisotopic (exact) mass is 996 g/mol. The molecule has 4 aromatic rings. The lowest BCUT2D eigenvalue weighted by Crippen LogP contribution is -2.65. The number of alkyl halides is 3. The normalized spacial score (nSPS) is 26.3. The molecule has 384 valence electrons. The van der Waals surface area contributed by atoms with E-state index in [4.69, 9.17) is 0 Å². The number of nitrogens with zero attached hydrogens (tertiary/aromatic N) is 4. The van der Waals surface area contributed by atoms with Gasteiger partial charge in [-0.1, -0.05) is 56.0 Å². The van der Waals surface area contributed by atoms with Crippen LogP contribution in [0.25, 0.3) is 10.9 Å². The highest BCUT2D eigenvalue weighted by atomic mass is 19.4. The standard InChI is InChI=1S/C52H63F3N10O7/c1-63-30-56-29-35(63)18-19-44(66)57-23-20-38-48(70)64-24-8-13-42(64)49(71)65-41-12-5-2-9-32(41)27-43(65)47(69)60-39(25-31-14-16-34(17-15-31)52(53,54)55)46(68)62-51(21-6-7-22-51)50(72)61-40(45(67)59-38)26-33-28-58-37-11-4-3-10-36(33)37/h3-4,10-11,14-17,28-30,32,38-43,58H,2,5-9,12-13,18-27H2,1H3,(H,57,66)(H,59,67)(H,60,69)(H,61,72)(H,62,68)/t32-,38-,39-,40-,41-,42+,43-/m0/s1. The van der Waals surface area contributed by atoms with E-state index in [9.17, 15) is 37.1 Å². The molecule has 2 aromatic heterocycles. The van der Waals surface area contributed by atoms with Crippen LogP contribution in [0.3, 0.4) is 0 Å². The molecule has 0 radical (unpaired) electrons. The van der Waals surface area contributed by atoms with Crippen molar-refractivity contribution in [2.24, 2.45) is 13.0 Å². The van der Waals surface area contributed by atoms with Crippen molar-refractivity contribution in [1.82, 2.24) is 50.9 Å². The molecule has 3 saturated heterocycles. The highest BCUT2D eigenvalue weighted by Gasteiger charge is 2.52. The van der Waals surface area contributed by atoms with E-state index in [1.54, 1.807) is 23.6 Å². The predicted molar refractivity (Wildman–Crippen MR) is 257 cm³/mol. The lowest BCUT2D eigenvalue weighted by molar-refractivity contribution is -0.150. The molecule has 9 rings (SSSR count). The van der Waals surface area contributed by atoms with Crippen molar-refractivity contribution >= 4 is 52.3 Å². The maximum absolute atomic E-state index is 15.2. The Morgan fingerprint density at radius 3 is 2.29 bits per heavy atom. The van der Waals surface area contributed by atoms with Crippen molar-refractivity contribution in [3.63, 3.8) is 0 Å². The number of rotatable bonds is 10. The quantitative estimate of drug-likeness (QED) is 0.137. The molecule has 2 aromatic carbocycles. The van der Waals surface area contributed by atoms with Crippen LogP contribution in [0.15, 0.2) is 67.3 Å². The molecule has 7 amide bonds. The predicted octanol–water partition coefficient (Wildman–Crippen LogP) is 3.89. The van der Waals surface area contributed by atoms with Crippen LogP contribution >= 0.6 is 0 Å². The third-order valence-corrected chi connectivity index (χ3v) is 15.7. The highest BCUT2D eigenvalue weighted by molar-refractivity contribution is 6.00. The SMILES string of the molecule is Cn1cncc1CCC(=O)NCC[C@@H]1NC(=O)[C@H](Cc2c[nH]c3ccccc23)NC(=O)C2(CCCC2)NC(=O)[C@H](Cc2ccc(C(F)(F)F)cc2)NC(=O)[C@@H]2C[C@@H]3CCCC[C@@H]3N2C(=O)[C@H]2CCCN2C1=O. The van der Waals surface area contributed by atoms with Gasteiger partial charge in [0.05, 0.1) is 11.9 Å². The fourth-order valence-electron chi connectivity index (χ4n) is 11.8. The zero-order valence-electron chi connectivity index (χ0n) is 40.4. The van der Waals surface area contributed by atoms with Gasteiger partial charge in [-0.25, -0.2) is 4.98 Å². The van der Waals surface area contributed by atoms with Crippen LogP contribution in [0.4, 0.5) is 13.2 Å². The summed E-state index contributed by atoms with van der Waals surface area (Å²) in [7, 11) is 1.83. The van der Waals surface area contributed by atoms with E-state index in [0.717, 1.165) is 48.0 Å². The van der Waals surface area contributed by atoms with Crippen LogP contribution in [-0.4, -0.2) is 121 Å². The van der Waals surface area contributed by atoms with Gasteiger partial charge < -0.3 is 45.9 Å². The number of hydrogen-bond donors (Lipinski definition) is 6. The number of imidazole rings is 1. The third kappa shape index (κ3) is 10.7. The van der Waals surface area contributed by atoms with Crippen molar-refractivity contribution < 1.29 is 46.7 Å². The minimum atomic E-state index is -4.61. The van der Waals surface area contributed by atoms with Gasteiger partial charge in [-0.3, -0.25) is 33.6 Å². The van der Waals surface area contributed by atoms with E-state index < -0.39 is 82.9 Å². The Hall–Kier alpha value is -6.73. The number of nitrogens with one attached hydrogen (secondary N) is 6. The van der Waals surface area contributed by atoms with Gasteiger partial charge in [0.25, 0.3) is 0 Å². The Morgan fingerprint density at radius 1 is 0.806 bits per heavy atom. The van der Waals surface area contributed by atoms with Crippen molar-refractivity contribution in [2.75, 3.05) is 13.1 Å². The third-order valence-electron chi connectivity index (χ3n) is 15.7. The second-order valence-corrected chi connectivity index (χ2v) is 20.3. The second kappa shape index (κ2) is 21.2. The first kappa shape index (κ1) is 50.2. The van der Waals surface area contributed by atoms with E-state index in [2.05, 4.69) is 36.6 Å². The average Bonchev–Trinajstić information content (AvgIpc) is 4.23. The Morgan fingerprint density at radius 2 is 1.54 bits per heavy atom. The van der Waals surface area contributed by atoms with Crippen molar-refractivity contribution in [3.8, 4) is 0 Å². The molecule has 2 aliphatic carbocycles. The van der Waals surface area contributed by atoms with Crippen LogP contribution in [0.2, 0.25) is 0 Å². The van der Waals surface area contributed by atoms with Crippen LogP contribution in [0.5, 0.6) is 0 Å². The summed E-state index contributed by atoms with van der Waals surface area (Å²) in [4.78, 5) is 113. The molecule has 2 saturated carbocycles. The maximum Gasteiger partial charge on any atom is 0.416 e. The molecule has 1 spiro atoms. The molecule has 17 nitrogen and oxygen atoms in total. The Labute approximate surface area is 415 Å². The summed E-state index contributed by atoms with van der Waals surface area (Å²) < 4.78 is 42.7. The Bertz CT molecular complexity index is 2680. The van der Waals surface area contributed by atoms with Gasteiger partial charge in [0.1, 0.15) is 35.7 Å². The second-order valence-electron chi connectivity index (χ2n) is 20.3. The number of aromatic amines is 1. The van der Waals surface area contributed by atoms with Gasteiger partial charge in [-0.2, -0.15) is 13.2 Å². The summed E-state index contributed by atoms with van der Waals surface area (Å²) in [6.07, 6.45) is 6.31. The fourth-order valence-corrected chi connectivity index (χ4v) is 11.8. The topological polar surface area (TPSA) is 220 Å². The number of amides is 7. The van der Waals surface area contributed by atoms with Gasteiger partial charge in [-0.05, 0) is 93.0 Å². The fraction of sp³-hybridized carbons (Fsp3) is 0.538. The zero-order valence-corrected chi connectivity index (χ0v) is 40.4. The van der Waals surface area contributed by atoms with Crippen LogP contribution in [-0.2, 0) is 66.0 Å². The Balaban J connectivity index is 1.07. The average molecular weight is 997 g/mol. The molecule has 5 heterocycles. The summed E-state index contributed by atoms with van der Waals surface area (Å²) in [5.41, 5.74) is 0.206. The summed E-state index contributed by atoms with van der Waals surface area (Å²) in [5.74, 6) is -3.99. The van der Waals surface area contributed by atoms with Crippen molar-refractivity contribution in [2.45, 2.75) is 151 Å². The number of fused-ring (bicyclic) bond motifs is 5. The number of hydrogen-bond acceptors (Lipinski definition) is 8. The lowest BCUT2D eigenvalue weighted by atomic mass is 9.84. The molecule has 0 bridgehead atoms. The highest BCUT2D eigenvalue weighted by Crippen LogP contribution is 2.41. The molecule has 72 heavy (non-hydrogen) atoms. The van der Waals surface area contributed by atoms with Crippen molar-refractivity contribution in [1.29, 1.82) is 0 Å². The number of aryl methyl sites for hydroxylation is 2. The molecule has 6 N–H and O–H groups in total. The van der Waals surface area contributed by atoms with E-state index in [1.165, 1.54) is 17.0 Å². The Kier molecular flexibility index (Phi) is 14.8. The van der Waals surface area contributed by atoms with Gasteiger partial charge in [0.2, 0.25) is 41.4 Å². The van der Waals surface area contributed by atoms with Gasteiger partial charge in [0, 0.05) is 74.4 Å². The van der Waals surface area contributed by atoms with Crippen LogP contribution < -0.4 is 26.6 Å². The molecule has 3 aliphatic heterocycles. The maximum atomic E-state index is 15.2. The van der Waals surface area contributed by atoms with Crippen LogP contribution in [0.1, 0.15) is 106 Å². The first-order valence-electron chi connectivity index (χ1n) is 25.4. The van der Waals surface area contributed by atoms with E-state index in [1.807, 2.05) is 35.9 Å². The number of carbonyl (C=O) groups is 7. The molecule has 0 unspecified atom stereocenters. The molecular formula is C52H63F3N10O7. The smallest absolute Gasteiger partial charge is 0.361 e. The number of para-hydroxylation sites is 1. The number of carbonyl (C=O) groups excluding carboxylic acids is 7. The summed E-state index contributed by atoms with van der Waals surface area (Å²) in [6.45, 7) is 0.179. The number of benzene rings is 2. The molecule has 20 heteroatoms. The summed E-state index contributed by atoms with van der Waals surface area (Å²) in [6, 6.07) is 5.47. The minimum Gasteiger partial charge on any atom is -0.361 e. The lowest BCUT2D eigenvalue weighted by Gasteiger charge is -2.38. The van der Waals surface area contributed by atoms with Gasteiger partial charge in [-0.15, -0.1) is 0 Å². The zero-order chi connectivity index (χ0) is 50.7. The van der Waals surface area contributed by atoms with Gasteiger partial charge in [0.15, 0.2) is 0 Å². The first-order valence-corrected chi connectivity index (χ1v) is 25.4. The number of aromatic nitrogens is 3. The van der Waals surface area contributed by atoms with Crippen molar-refractivity contribution in [3.05, 3.63) is 89.6 Å². The first-order chi connectivity index (χ1) is 34.6. The number of H-pyrrole nitrogens is 1. The minimum absolute atomic E-state index is 0.00621. The van der Waals surface area contributed by atoms with Crippen LogP contribution in [0, 0.1) is 5.92 Å². The van der Waals surface area contributed by atoms with E-state index in [0.29, 0.717) is 56.1 Å². The molecule has 7 atom stereocenters. The largest absolute Gasteiger partial charge is 0.416 e.